The molecule has 3 aromatic rings. The van der Waals surface area contributed by atoms with Gasteiger partial charge in [-0.05, 0) is 42.0 Å². The van der Waals surface area contributed by atoms with Crippen LogP contribution in [0, 0.1) is 0 Å². The molecule has 6 heteroatoms. The third-order valence-electron chi connectivity index (χ3n) is 4.79. The second-order valence-electron chi connectivity index (χ2n) is 6.54. The molecule has 1 N–H and O–H groups in total. The molecule has 1 saturated heterocycles. The van der Waals surface area contributed by atoms with E-state index < -0.39 is 17.7 Å². The van der Waals surface area contributed by atoms with Gasteiger partial charge in [-0.1, -0.05) is 65.7 Å². The molecule has 0 aliphatic carbocycles. The molecule has 1 aliphatic rings. The highest BCUT2D eigenvalue weighted by molar-refractivity contribution is 6.52. The zero-order valence-electron chi connectivity index (χ0n) is 15.0. The molecule has 1 amide bonds. The molecule has 1 fully saturated rings. The summed E-state index contributed by atoms with van der Waals surface area (Å²) in [6, 6.07) is 21.5. The number of halogens is 2. The van der Waals surface area contributed by atoms with E-state index in [0.717, 1.165) is 0 Å². The Balaban J connectivity index is 1.97. The summed E-state index contributed by atoms with van der Waals surface area (Å²) < 4.78 is 0. The van der Waals surface area contributed by atoms with Gasteiger partial charge in [0.2, 0.25) is 0 Å². The Kier molecular flexibility index (Phi) is 5.14. The molecule has 0 aromatic heterocycles. The topological polar surface area (TPSA) is 57.6 Å². The number of amides is 1. The monoisotopic (exact) mass is 423 g/mol. The lowest BCUT2D eigenvalue weighted by Crippen LogP contribution is -2.29. The van der Waals surface area contributed by atoms with E-state index in [9.17, 15) is 14.7 Å². The van der Waals surface area contributed by atoms with Crippen molar-refractivity contribution in [2.75, 3.05) is 4.90 Å². The van der Waals surface area contributed by atoms with Crippen LogP contribution in [0.1, 0.15) is 17.2 Å². The zero-order valence-corrected chi connectivity index (χ0v) is 16.6. The number of benzene rings is 3. The summed E-state index contributed by atoms with van der Waals surface area (Å²) in [4.78, 5) is 27.3. The minimum absolute atomic E-state index is 0.0192. The van der Waals surface area contributed by atoms with Crippen LogP contribution in [0.2, 0.25) is 10.0 Å². The minimum Gasteiger partial charge on any atom is -0.507 e. The predicted octanol–water partition coefficient (Wildman–Crippen LogP) is 5.62. The van der Waals surface area contributed by atoms with E-state index in [4.69, 9.17) is 23.2 Å². The van der Waals surface area contributed by atoms with Crippen LogP contribution in [-0.4, -0.2) is 16.8 Å². The number of hydrogen-bond donors (Lipinski definition) is 1. The number of nitrogens with zero attached hydrogens (tertiary/aromatic N) is 1. The van der Waals surface area contributed by atoms with Gasteiger partial charge in [-0.2, -0.15) is 0 Å². The highest BCUT2D eigenvalue weighted by atomic mass is 35.5. The maximum atomic E-state index is 13.0. The summed E-state index contributed by atoms with van der Waals surface area (Å²) >= 11 is 12.2. The van der Waals surface area contributed by atoms with Crippen LogP contribution in [0.4, 0.5) is 5.69 Å². The molecule has 1 heterocycles. The first kappa shape index (κ1) is 19.2. The Morgan fingerprint density at radius 1 is 0.828 bits per heavy atom. The zero-order chi connectivity index (χ0) is 20.5. The van der Waals surface area contributed by atoms with Gasteiger partial charge in [0.05, 0.1) is 16.6 Å². The van der Waals surface area contributed by atoms with Gasteiger partial charge in [0.25, 0.3) is 11.7 Å². The van der Waals surface area contributed by atoms with Crippen molar-refractivity contribution in [3.8, 4) is 0 Å². The molecule has 4 nitrogen and oxygen atoms in total. The van der Waals surface area contributed by atoms with Gasteiger partial charge >= 0.3 is 0 Å². The molecule has 1 aliphatic heterocycles. The van der Waals surface area contributed by atoms with Crippen molar-refractivity contribution in [3.63, 3.8) is 0 Å². The Bertz CT molecular complexity index is 1120. The summed E-state index contributed by atoms with van der Waals surface area (Å²) in [7, 11) is 0. The minimum atomic E-state index is -0.814. The molecular weight excluding hydrogens is 409 g/mol. The molecule has 1 unspecified atom stereocenters. The molecule has 0 radical (unpaired) electrons. The fraction of sp³-hybridized carbons (Fsp3) is 0.0435. The SMILES string of the molecule is O=C1C(=O)N(c2ccccc2)C(c2ccc(Cl)cc2)C1=C(O)c1ccccc1Cl. The smallest absolute Gasteiger partial charge is 0.300 e. The van der Waals surface area contributed by atoms with Gasteiger partial charge < -0.3 is 5.11 Å². The quantitative estimate of drug-likeness (QED) is 0.337. The first-order valence-corrected chi connectivity index (χ1v) is 9.61. The van der Waals surface area contributed by atoms with Crippen molar-refractivity contribution in [2.45, 2.75) is 6.04 Å². The lowest BCUT2D eigenvalue weighted by molar-refractivity contribution is -0.132. The number of Topliss-reactive ketones (excluding diaryl/α,β-unsaturated/α-hetero) is 1. The van der Waals surface area contributed by atoms with Crippen molar-refractivity contribution in [1.82, 2.24) is 0 Å². The van der Waals surface area contributed by atoms with Crippen molar-refractivity contribution >= 4 is 46.3 Å². The Morgan fingerprint density at radius 2 is 1.45 bits per heavy atom. The van der Waals surface area contributed by atoms with Crippen LogP contribution >= 0.6 is 23.2 Å². The number of rotatable bonds is 3. The molecule has 0 bridgehead atoms. The molecule has 0 spiro atoms. The van der Waals surface area contributed by atoms with E-state index in [1.54, 1.807) is 72.8 Å². The summed E-state index contributed by atoms with van der Waals surface area (Å²) in [5.41, 5.74) is 1.47. The Labute approximate surface area is 177 Å². The summed E-state index contributed by atoms with van der Waals surface area (Å²) in [6.07, 6.45) is 0. The number of ketones is 1. The number of aliphatic hydroxyl groups excluding tert-OH is 1. The van der Waals surface area contributed by atoms with Crippen LogP contribution < -0.4 is 4.90 Å². The largest absolute Gasteiger partial charge is 0.507 e. The van der Waals surface area contributed by atoms with Crippen LogP contribution in [0.25, 0.3) is 5.76 Å². The molecule has 144 valence electrons. The second-order valence-corrected chi connectivity index (χ2v) is 7.38. The molecule has 4 rings (SSSR count). The van der Waals surface area contributed by atoms with Gasteiger partial charge in [0, 0.05) is 16.3 Å². The average Bonchev–Trinajstić information content (AvgIpc) is 3.00. The summed E-state index contributed by atoms with van der Waals surface area (Å²) in [6.45, 7) is 0. The third kappa shape index (κ3) is 3.41. The van der Waals surface area contributed by atoms with Gasteiger partial charge in [0.15, 0.2) is 0 Å². The van der Waals surface area contributed by atoms with E-state index in [2.05, 4.69) is 0 Å². The predicted molar refractivity (Wildman–Crippen MR) is 114 cm³/mol. The first-order chi connectivity index (χ1) is 14.0. The van der Waals surface area contributed by atoms with Gasteiger partial charge in [-0.25, -0.2) is 0 Å². The normalized spacial score (nSPS) is 18.3. The van der Waals surface area contributed by atoms with Gasteiger partial charge in [-0.3, -0.25) is 14.5 Å². The van der Waals surface area contributed by atoms with E-state index >= 15 is 0 Å². The van der Waals surface area contributed by atoms with E-state index in [0.29, 0.717) is 21.8 Å². The second kappa shape index (κ2) is 7.74. The molecule has 3 aromatic carbocycles. The summed E-state index contributed by atoms with van der Waals surface area (Å²) in [5.74, 6) is -1.80. The van der Waals surface area contributed by atoms with Crippen molar-refractivity contribution in [2.24, 2.45) is 0 Å². The van der Waals surface area contributed by atoms with E-state index in [-0.39, 0.29) is 16.4 Å². The van der Waals surface area contributed by atoms with Crippen LogP contribution in [-0.2, 0) is 9.59 Å². The molecule has 1 atom stereocenters. The fourth-order valence-electron chi connectivity index (χ4n) is 3.45. The fourth-order valence-corrected chi connectivity index (χ4v) is 3.80. The van der Waals surface area contributed by atoms with Crippen molar-refractivity contribution in [3.05, 3.63) is 106 Å². The Morgan fingerprint density at radius 3 is 2.10 bits per heavy atom. The average molecular weight is 424 g/mol. The number of carbonyl (C=O) groups excluding carboxylic acids is 2. The van der Waals surface area contributed by atoms with Gasteiger partial charge in [0.1, 0.15) is 5.76 Å². The number of anilines is 1. The molecular formula is C23H15Cl2NO3. The highest BCUT2D eigenvalue weighted by Gasteiger charge is 2.47. The molecule has 29 heavy (non-hydrogen) atoms. The first-order valence-electron chi connectivity index (χ1n) is 8.85. The number of aliphatic hydroxyl groups is 1. The van der Waals surface area contributed by atoms with Crippen LogP contribution in [0.15, 0.2) is 84.4 Å². The highest BCUT2D eigenvalue weighted by Crippen LogP contribution is 2.42. The number of carbonyl (C=O) groups is 2. The molecule has 0 saturated carbocycles. The number of hydrogen-bond acceptors (Lipinski definition) is 3. The third-order valence-corrected chi connectivity index (χ3v) is 5.38. The van der Waals surface area contributed by atoms with Crippen LogP contribution in [0.3, 0.4) is 0 Å². The van der Waals surface area contributed by atoms with Gasteiger partial charge in [-0.15, -0.1) is 0 Å². The van der Waals surface area contributed by atoms with Crippen LogP contribution in [0.5, 0.6) is 0 Å². The maximum Gasteiger partial charge on any atom is 0.300 e. The van der Waals surface area contributed by atoms with E-state index in [1.807, 2.05) is 6.07 Å². The lowest BCUT2D eigenvalue weighted by Gasteiger charge is -2.25. The van der Waals surface area contributed by atoms with Crippen molar-refractivity contribution in [1.29, 1.82) is 0 Å². The standard InChI is InChI=1S/C23H15Cl2NO3/c24-15-12-10-14(11-13-15)20-19(21(27)17-8-4-5-9-18(17)25)22(28)23(29)26(20)16-6-2-1-3-7-16/h1-13,20,27H. The number of para-hydroxylation sites is 1. The lowest BCUT2D eigenvalue weighted by atomic mass is 9.95. The summed E-state index contributed by atoms with van der Waals surface area (Å²) in [5, 5.41) is 11.8. The maximum absolute atomic E-state index is 13.0. The Hall–Kier alpha value is -3.08. The van der Waals surface area contributed by atoms with Crippen molar-refractivity contribution < 1.29 is 14.7 Å². The van der Waals surface area contributed by atoms with E-state index in [1.165, 1.54) is 4.90 Å².